The highest BCUT2D eigenvalue weighted by molar-refractivity contribution is 5.99. The Balaban J connectivity index is 1.56. The summed E-state index contributed by atoms with van der Waals surface area (Å²) in [6.07, 6.45) is 2.91. The Kier molecular flexibility index (Phi) is 4.76. The summed E-state index contributed by atoms with van der Waals surface area (Å²) in [6, 6.07) is 23.7. The van der Waals surface area contributed by atoms with Gasteiger partial charge in [0.15, 0.2) is 12.1 Å². The third kappa shape index (κ3) is 3.39. The smallest absolute Gasteiger partial charge is 0.251 e. The predicted molar refractivity (Wildman–Crippen MR) is 115 cm³/mol. The Labute approximate surface area is 170 Å². The lowest BCUT2D eigenvalue weighted by atomic mass is 9.95. The van der Waals surface area contributed by atoms with Crippen LogP contribution in [0.3, 0.4) is 0 Å². The maximum atomic E-state index is 13.4. The fraction of sp³-hybridized carbons (Fsp3) is 0.280. The summed E-state index contributed by atoms with van der Waals surface area (Å²) < 4.78 is 6.37. The third-order valence-corrected chi connectivity index (χ3v) is 5.85. The van der Waals surface area contributed by atoms with Crippen LogP contribution in [0.15, 0.2) is 77.8 Å². The van der Waals surface area contributed by atoms with Crippen LogP contribution in [0.5, 0.6) is 0 Å². The molecule has 0 spiro atoms. The lowest BCUT2D eigenvalue weighted by Gasteiger charge is -2.30. The van der Waals surface area contributed by atoms with Gasteiger partial charge in [0.1, 0.15) is 0 Å². The van der Waals surface area contributed by atoms with E-state index in [0.29, 0.717) is 5.90 Å². The molecule has 3 aromatic carbocycles. The molecule has 0 radical (unpaired) electrons. The second-order valence-corrected chi connectivity index (χ2v) is 7.74. The van der Waals surface area contributed by atoms with Crippen LogP contribution in [0.25, 0.3) is 10.8 Å². The van der Waals surface area contributed by atoms with Gasteiger partial charge < -0.3 is 9.64 Å². The first kappa shape index (κ1) is 17.9. The van der Waals surface area contributed by atoms with Gasteiger partial charge in [-0.05, 0) is 42.2 Å². The van der Waals surface area contributed by atoms with Gasteiger partial charge in [-0.15, -0.1) is 0 Å². The van der Waals surface area contributed by atoms with Crippen LogP contribution in [-0.4, -0.2) is 35.8 Å². The SMILES string of the molecule is O=C([C@H]1N=C(c2ccccc2)O[C@H]1c1cccc2ccccc12)N1CCCCC1. The summed E-state index contributed by atoms with van der Waals surface area (Å²) in [4.78, 5) is 20.2. The van der Waals surface area contributed by atoms with Crippen LogP contribution < -0.4 is 0 Å². The number of fused-ring (bicyclic) bond motifs is 1. The second kappa shape index (κ2) is 7.70. The number of rotatable bonds is 3. The van der Waals surface area contributed by atoms with Crippen molar-refractivity contribution in [3.05, 3.63) is 83.9 Å². The molecule has 5 rings (SSSR count). The molecule has 0 aliphatic carbocycles. The van der Waals surface area contributed by atoms with Crippen molar-refractivity contribution in [2.75, 3.05) is 13.1 Å². The van der Waals surface area contributed by atoms with Crippen LogP contribution in [0.2, 0.25) is 0 Å². The molecule has 2 heterocycles. The number of carbonyl (C=O) groups excluding carboxylic acids is 1. The Bertz CT molecular complexity index is 1050. The van der Waals surface area contributed by atoms with E-state index in [4.69, 9.17) is 9.73 Å². The van der Waals surface area contributed by atoms with Crippen molar-refractivity contribution in [1.82, 2.24) is 4.90 Å². The van der Waals surface area contributed by atoms with Crippen LogP contribution in [0.4, 0.5) is 0 Å². The zero-order chi connectivity index (χ0) is 19.6. The zero-order valence-electron chi connectivity index (χ0n) is 16.3. The molecule has 2 atom stereocenters. The van der Waals surface area contributed by atoms with Gasteiger partial charge >= 0.3 is 0 Å². The van der Waals surface area contributed by atoms with Crippen LogP contribution in [0, 0.1) is 0 Å². The average molecular weight is 384 g/mol. The van der Waals surface area contributed by atoms with Crippen molar-refractivity contribution < 1.29 is 9.53 Å². The Morgan fingerprint density at radius 2 is 1.59 bits per heavy atom. The van der Waals surface area contributed by atoms with Gasteiger partial charge in [0.25, 0.3) is 5.91 Å². The Morgan fingerprint density at radius 3 is 2.41 bits per heavy atom. The molecule has 2 aliphatic heterocycles. The van der Waals surface area contributed by atoms with Gasteiger partial charge in [-0.1, -0.05) is 60.7 Å². The average Bonchev–Trinajstić information content (AvgIpc) is 3.24. The molecular formula is C25H24N2O2. The number of aliphatic imine (C=N–C) groups is 1. The van der Waals surface area contributed by atoms with Crippen molar-refractivity contribution in [1.29, 1.82) is 0 Å². The maximum absolute atomic E-state index is 13.4. The quantitative estimate of drug-likeness (QED) is 0.655. The number of nitrogens with zero attached hydrogens (tertiary/aromatic N) is 2. The molecule has 0 saturated carbocycles. The molecule has 1 amide bonds. The van der Waals surface area contributed by atoms with Crippen molar-refractivity contribution in [3.8, 4) is 0 Å². The van der Waals surface area contributed by atoms with Crippen molar-refractivity contribution in [2.45, 2.75) is 31.4 Å². The molecule has 3 aromatic rings. The summed E-state index contributed by atoms with van der Waals surface area (Å²) in [5, 5.41) is 2.26. The van der Waals surface area contributed by atoms with E-state index in [1.165, 1.54) is 6.42 Å². The number of amides is 1. The molecule has 4 nitrogen and oxygen atoms in total. The molecule has 0 aromatic heterocycles. The molecule has 0 bridgehead atoms. The van der Waals surface area contributed by atoms with Crippen LogP contribution >= 0.6 is 0 Å². The van der Waals surface area contributed by atoms with Gasteiger partial charge in [0.05, 0.1) is 0 Å². The lowest BCUT2D eigenvalue weighted by Crippen LogP contribution is -2.42. The molecule has 1 saturated heterocycles. The van der Waals surface area contributed by atoms with Crippen LogP contribution in [-0.2, 0) is 9.53 Å². The minimum atomic E-state index is -0.547. The summed E-state index contributed by atoms with van der Waals surface area (Å²) in [6.45, 7) is 1.63. The number of hydrogen-bond acceptors (Lipinski definition) is 3. The van der Waals surface area contributed by atoms with Gasteiger partial charge in [-0.25, -0.2) is 4.99 Å². The minimum Gasteiger partial charge on any atom is -0.466 e. The molecule has 4 heteroatoms. The highest BCUT2D eigenvalue weighted by atomic mass is 16.5. The fourth-order valence-electron chi connectivity index (χ4n) is 4.35. The molecule has 29 heavy (non-hydrogen) atoms. The largest absolute Gasteiger partial charge is 0.466 e. The standard InChI is InChI=1S/C25H24N2O2/c28-25(27-16-7-2-8-17-27)22-23(29-24(26-22)19-11-3-1-4-12-19)21-15-9-13-18-10-5-6-14-20(18)21/h1,3-6,9-15,22-23H,2,7-8,16-17H2/t22-,23-/m0/s1. The summed E-state index contributed by atoms with van der Waals surface area (Å²) in [5.41, 5.74) is 1.93. The zero-order valence-corrected chi connectivity index (χ0v) is 16.3. The first-order valence-electron chi connectivity index (χ1n) is 10.4. The van der Waals surface area contributed by atoms with Gasteiger partial charge in [-0.2, -0.15) is 0 Å². The highest BCUT2D eigenvalue weighted by Gasteiger charge is 2.40. The predicted octanol–water partition coefficient (Wildman–Crippen LogP) is 4.74. The van der Waals surface area contributed by atoms with Gasteiger partial charge in [-0.3, -0.25) is 4.79 Å². The number of carbonyl (C=O) groups is 1. The van der Waals surface area contributed by atoms with Crippen molar-refractivity contribution >= 4 is 22.6 Å². The molecule has 146 valence electrons. The first-order chi connectivity index (χ1) is 14.3. The van der Waals surface area contributed by atoms with E-state index in [2.05, 4.69) is 24.3 Å². The minimum absolute atomic E-state index is 0.0774. The Hall–Kier alpha value is -3.14. The summed E-state index contributed by atoms with van der Waals surface area (Å²) in [7, 11) is 0. The normalized spacial score (nSPS) is 21.7. The van der Waals surface area contributed by atoms with E-state index in [9.17, 15) is 4.79 Å². The molecule has 2 aliphatic rings. The van der Waals surface area contributed by atoms with Crippen molar-refractivity contribution in [3.63, 3.8) is 0 Å². The number of likely N-dealkylation sites (tertiary alicyclic amines) is 1. The van der Waals surface area contributed by atoms with E-state index in [1.54, 1.807) is 0 Å². The highest BCUT2D eigenvalue weighted by Crippen LogP contribution is 2.36. The number of benzene rings is 3. The topological polar surface area (TPSA) is 41.9 Å². The third-order valence-electron chi connectivity index (χ3n) is 5.85. The van der Waals surface area contributed by atoms with Crippen LogP contribution in [0.1, 0.15) is 36.5 Å². The fourth-order valence-corrected chi connectivity index (χ4v) is 4.35. The number of piperidine rings is 1. The molecule has 0 unspecified atom stereocenters. The summed E-state index contributed by atoms with van der Waals surface area (Å²) >= 11 is 0. The van der Waals surface area contributed by atoms with Crippen molar-refractivity contribution in [2.24, 2.45) is 4.99 Å². The van der Waals surface area contributed by atoms with E-state index >= 15 is 0 Å². The van der Waals surface area contributed by atoms with E-state index < -0.39 is 12.1 Å². The molecular weight excluding hydrogens is 360 g/mol. The van der Waals surface area contributed by atoms with E-state index in [0.717, 1.165) is 47.8 Å². The number of ether oxygens (including phenoxy) is 1. The monoisotopic (exact) mass is 384 g/mol. The van der Waals surface area contributed by atoms with E-state index in [1.807, 2.05) is 53.4 Å². The number of hydrogen-bond donors (Lipinski definition) is 0. The molecule has 1 fully saturated rings. The Morgan fingerprint density at radius 1 is 0.862 bits per heavy atom. The first-order valence-corrected chi connectivity index (χ1v) is 10.4. The van der Waals surface area contributed by atoms with Gasteiger partial charge in [0, 0.05) is 24.2 Å². The summed E-state index contributed by atoms with van der Waals surface area (Å²) in [5.74, 6) is 0.632. The lowest BCUT2D eigenvalue weighted by molar-refractivity contribution is -0.135. The molecule has 0 N–H and O–H groups in total. The maximum Gasteiger partial charge on any atom is 0.251 e. The van der Waals surface area contributed by atoms with E-state index in [-0.39, 0.29) is 5.91 Å². The second-order valence-electron chi connectivity index (χ2n) is 7.74. The van der Waals surface area contributed by atoms with Gasteiger partial charge in [0.2, 0.25) is 5.90 Å².